The van der Waals surface area contributed by atoms with Crippen LogP contribution in [0.25, 0.3) is 0 Å². The summed E-state index contributed by atoms with van der Waals surface area (Å²) in [5.41, 5.74) is 1.40. The molecule has 0 atom stereocenters. The molecule has 0 saturated carbocycles. The van der Waals surface area contributed by atoms with Crippen molar-refractivity contribution in [1.29, 1.82) is 0 Å². The molecule has 7 nitrogen and oxygen atoms in total. The minimum absolute atomic E-state index is 0.236. The van der Waals surface area contributed by atoms with Gasteiger partial charge in [0.15, 0.2) is 11.5 Å². The van der Waals surface area contributed by atoms with Crippen molar-refractivity contribution in [1.82, 2.24) is 9.78 Å². The highest BCUT2D eigenvalue weighted by Gasteiger charge is 2.14. The Morgan fingerprint density at radius 1 is 1.14 bits per heavy atom. The van der Waals surface area contributed by atoms with E-state index in [0.29, 0.717) is 41.8 Å². The largest absolute Gasteiger partial charge is 0.493 e. The number of aromatic nitrogens is 2. The maximum absolute atomic E-state index is 12.6. The number of para-hydroxylation sites is 1. The van der Waals surface area contributed by atoms with Crippen LogP contribution < -0.4 is 19.5 Å². The lowest BCUT2D eigenvalue weighted by Gasteiger charge is -2.14. The Balaban J connectivity index is 1.74. The van der Waals surface area contributed by atoms with E-state index in [1.807, 2.05) is 18.2 Å². The van der Waals surface area contributed by atoms with Crippen molar-refractivity contribution >= 4 is 11.7 Å². The molecule has 2 aromatic carbocycles. The molecule has 7 heteroatoms. The first-order chi connectivity index (χ1) is 14.2. The monoisotopic (exact) mass is 393 g/mol. The van der Waals surface area contributed by atoms with Crippen LogP contribution in [-0.4, -0.2) is 36.5 Å². The van der Waals surface area contributed by atoms with E-state index in [0.717, 1.165) is 5.56 Å². The molecular weight excluding hydrogens is 370 g/mol. The van der Waals surface area contributed by atoms with E-state index in [2.05, 4.69) is 17.0 Å². The number of hydrogen-bond acceptors (Lipinski definition) is 5. The highest BCUT2D eigenvalue weighted by molar-refractivity contribution is 6.03. The fraction of sp³-hybridized carbons (Fsp3) is 0.182. The van der Waals surface area contributed by atoms with Crippen LogP contribution in [0.4, 0.5) is 5.82 Å². The van der Waals surface area contributed by atoms with Gasteiger partial charge in [0, 0.05) is 17.2 Å². The highest BCUT2D eigenvalue weighted by atomic mass is 16.5. The van der Waals surface area contributed by atoms with Crippen LogP contribution in [-0.2, 0) is 6.54 Å². The van der Waals surface area contributed by atoms with Crippen LogP contribution in [0.1, 0.15) is 15.9 Å². The molecule has 1 aromatic heterocycles. The van der Waals surface area contributed by atoms with Crippen molar-refractivity contribution in [3.05, 3.63) is 78.5 Å². The standard InChI is InChI=1S/C22H23N3O4/c1-4-14-29-18-10-8-16(9-11-18)22(26)24-20-12-13-23-25(20)15-17-6-5-7-19(27-2)21(17)28-3/h4-13H,1,14-15H2,2-3H3,(H,24,26). The molecule has 0 saturated heterocycles. The Hall–Kier alpha value is -3.74. The quantitative estimate of drug-likeness (QED) is 0.560. The molecule has 0 bridgehead atoms. The van der Waals surface area contributed by atoms with E-state index in [1.165, 1.54) is 0 Å². The predicted octanol–water partition coefficient (Wildman–Crippen LogP) is 3.77. The number of carbonyl (C=O) groups is 1. The van der Waals surface area contributed by atoms with Gasteiger partial charge in [-0.15, -0.1) is 0 Å². The number of anilines is 1. The summed E-state index contributed by atoms with van der Waals surface area (Å²) in [6, 6.07) is 14.3. The van der Waals surface area contributed by atoms with Crippen LogP contribution in [0.3, 0.4) is 0 Å². The molecule has 150 valence electrons. The van der Waals surface area contributed by atoms with Gasteiger partial charge in [-0.05, 0) is 30.3 Å². The van der Waals surface area contributed by atoms with Crippen molar-refractivity contribution in [2.75, 3.05) is 26.1 Å². The molecule has 0 spiro atoms. The molecule has 1 heterocycles. The van der Waals surface area contributed by atoms with Gasteiger partial charge in [-0.25, -0.2) is 4.68 Å². The Morgan fingerprint density at radius 3 is 2.62 bits per heavy atom. The zero-order chi connectivity index (χ0) is 20.6. The number of carbonyl (C=O) groups excluding carboxylic acids is 1. The Labute approximate surface area is 169 Å². The lowest BCUT2D eigenvalue weighted by Crippen LogP contribution is -2.16. The summed E-state index contributed by atoms with van der Waals surface area (Å²) in [5.74, 6) is 2.29. The second-order valence-electron chi connectivity index (χ2n) is 6.10. The van der Waals surface area contributed by atoms with E-state index >= 15 is 0 Å². The van der Waals surface area contributed by atoms with Gasteiger partial charge in [0.05, 0.1) is 27.0 Å². The van der Waals surface area contributed by atoms with Gasteiger partial charge in [0.25, 0.3) is 5.91 Å². The second kappa shape index (κ2) is 9.45. The van der Waals surface area contributed by atoms with Crippen molar-refractivity contribution in [3.8, 4) is 17.2 Å². The maximum Gasteiger partial charge on any atom is 0.256 e. The van der Waals surface area contributed by atoms with Crippen molar-refractivity contribution < 1.29 is 19.0 Å². The fourth-order valence-electron chi connectivity index (χ4n) is 2.85. The summed E-state index contributed by atoms with van der Waals surface area (Å²) in [4.78, 5) is 12.6. The van der Waals surface area contributed by atoms with E-state index in [-0.39, 0.29) is 5.91 Å². The first kappa shape index (κ1) is 20.0. The molecule has 0 fully saturated rings. The minimum Gasteiger partial charge on any atom is -0.493 e. The minimum atomic E-state index is -0.236. The number of nitrogens with zero attached hydrogens (tertiary/aromatic N) is 2. The molecule has 0 aliphatic rings. The number of amides is 1. The summed E-state index contributed by atoms with van der Waals surface area (Å²) in [6.07, 6.45) is 3.30. The maximum atomic E-state index is 12.6. The van der Waals surface area contributed by atoms with Crippen LogP contribution in [0, 0.1) is 0 Å². The number of nitrogens with one attached hydrogen (secondary N) is 1. The molecule has 3 aromatic rings. The summed E-state index contributed by atoms with van der Waals surface area (Å²) < 4.78 is 17.9. The second-order valence-corrected chi connectivity index (χ2v) is 6.10. The van der Waals surface area contributed by atoms with Gasteiger partial charge in [-0.2, -0.15) is 5.10 Å². The molecule has 0 unspecified atom stereocenters. The van der Waals surface area contributed by atoms with Gasteiger partial charge < -0.3 is 19.5 Å². The number of hydrogen-bond donors (Lipinski definition) is 1. The van der Waals surface area contributed by atoms with Gasteiger partial charge in [0.1, 0.15) is 18.2 Å². The molecule has 0 radical (unpaired) electrons. The fourth-order valence-corrected chi connectivity index (χ4v) is 2.85. The predicted molar refractivity (Wildman–Crippen MR) is 111 cm³/mol. The van der Waals surface area contributed by atoms with E-state index in [9.17, 15) is 4.79 Å². The van der Waals surface area contributed by atoms with Gasteiger partial charge in [0.2, 0.25) is 0 Å². The van der Waals surface area contributed by atoms with Crippen molar-refractivity contribution in [2.45, 2.75) is 6.54 Å². The van der Waals surface area contributed by atoms with Crippen molar-refractivity contribution in [2.24, 2.45) is 0 Å². The number of benzene rings is 2. The zero-order valence-electron chi connectivity index (χ0n) is 16.4. The number of rotatable bonds is 9. The molecule has 1 amide bonds. The zero-order valence-corrected chi connectivity index (χ0v) is 16.4. The van der Waals surface area contributed by atoms with Crippen LogP contribution >= 0.6 is 0 Å². The number of methoxy groups -OCH3 is 2. The summed E-state index contributed by atoms with van der Waals surface area (Å²) in [7, 11) is 3.18. The Morgan fingerprint density at radius 2 is 1.93 bits per heavy atom. The third-order valence-corrected chi connectivity index (χ3v) is 4.25. The summed E-state index contributed by atoms with van der Waals surface area (Å²) in [6.45, 7) is 4.44. The number of ether oxygens (including phenoxy) is 3. The van der Waals surface area contributed by atoms with Crippen LogP contribution in [0.2, 0.25) is 0 Å². The first-order valence-electron chi connectivity index (χ1n) is 9.03. The molecule has 1 N–H and O–H groups in total. The molecular formula is C22H23N3O4. The smallest absolute Gasteiger partial charge is 0.256 e. The van der Waals surface area contributed by atoms with Crippen molar-refractivity contribution in [3.63, 3.8) is 0 Å². The van der Waals surface area contributed by atoms with Gasteiger partial charge >= 0.3 is 0 Å². The summed E-state index contributed by atoms with van der Waals surface area (Å²) >= 11 is 0. The Kier molecular flexibility index (Phi) is 6.52. The van der Waals surface area contributed by atoms with E-state index in [1.54, 1.807) is 61.5 Å². The normalized spacial score (nSPS) is 10.3. The third kappa shape index (κ3) is 4.76. The van der Waals surface area contributed by atoms with E-state index in [4.69, 9.17) is 14.2 Å². The average Bonchev–Trinajstić information content (AvgIpc) is 3.18. The molecule has 0 aliphatic heterocycles. The van der Waals surface area contributed by atoms with Crippen LogP contribution in [0.5, 0.6) is 17.2 Å². The molecule has 29 heavy (non-hydrogen) atoms. The lowest BCUT2D eigenvalue weighted by atomic mass is 10.2. The topological polar surface area (TPSA) is 74.6 Å². The first-order valence-corrected chi connectivity index (χ1v) is 9.03. The Bertz CT molecular complexity index is 980. The average molecular weight is 393 g/mol. The summed E-state index contributed by atoms with van der Waals surface area (Å²) in [5, 5.41) is 7.20. The lowest BCUT2D eigenvalue weighted by molar-refractivity contribution is 0.102. The van der Waals surface area contributed by atoms with Gasteiger partial charge in [-0.3, -0.25) is 4.79 Å². The van der Waals surface area contributed by atoms with E-state index < -0.39 is 0 Å². The highest BCUT2D eigenvalue weighted by Crippen LogP contribution is 2.31. The van der Waals surface area contributed by atoms with Gasteiger partial charge in [-0.1, -0.05) is 24.8 Å². The molecule has 3 rings (SSSR count). The SMILES string of the molecule is C=CCOc1ccc(C(=O)Nc2ccnn2Cc2cccc(OC)c2OC)cc1. The van der Waals surface area contributed by atoms with Crippen LogP contribution in [0.15, 0.2) is 67.4 Å². The molecule has 0 aliphatic carbocycles. The third-order valence-electron chi connectivity index (χ3n) is 4.25.